The fourth-order valence-corrected chi connectivity index (χ4v) is 1.93. The first kappa shape index (κ1) is 12.9. The summed E-state index contributed by atoms with van der Waals surface area (Å²) < 4.78 is 38.2. The molecule has 0 aliphatic rings. The maximum Gasteiger partial charge on any atom is 0.416 e. The molecule has 0 saturated carbocycles. The van der Waals surface area contributed by atoms with E-state index in [0.29, 0.717) is 16.7 Å². The maximum absolute atomic E-state index is 12.6. The SMILES string of the molecule is FC(F)(F)c1cc(Br)cc(NCc2cnc[nH]2)c1. The lowest BCUT2D eigenvalue weighted by Crippen LogP contribution is -2.07. The van der Waals surface area contributed by atoms with Crippen LogP contribution < -0.4 is 5.32 Å². The highest BCUT2D eigenvalue weighted by molar-refractivity contribution is 9.10. The van der Waals surface area contributed by atoms with E-state index >= 15 is 0 Å². The largest absolute Gasteiger partial charge is 0.416 e. The standard InChI is InChI=1S/C11H9BrF3N3/c12-8-1-7(11(13,14)15)2-9(3-8)17-5-10-4-16-6-18-10/h1-4,6,17H,5H2,(H,16,18). The molecule has 2 rings (SSSR count). The van der Waals surface area contributed by atoms with Gasteiger partial charge in [-0.05, 0) is 18.2 Å². The number of nitrogens with zero attached hydrogens (tertiary/aromatic N) is 1. The minimum atomic E-state index is -4.35. The Labute approximate surface area is 110 Å². The number of aromatic nitrogens is 2. The van der Waals surface area contributed by atoms with Crippen LogP contribution in [0, 0.1) is 0 Å². The van der Waals surface area contributed by atoms with Crippen molar-refractivity contribution >= 4 is 21.6 Å². The average molecular weight is 320 g/mol. The molecule has 0 unspecified atom stereocenters. The lowest BCUT2D eigenvalue weighted by atomic mass is 10.2. The normalized spacial score (nSPS) is 11.6. The van der Waals surface area contributed by atoms with E-state index in [4.69, 9.17) is 0 Å². The summed E-state index contributed by atoms with van der Waals surface area (Å²) in [6.07, 6.45) is -1.23. The highest BCUT2D eigenvalue weighted by atomic mass is 79.9. The van der Waals surface area contributed by atoms with Gasteiger partial charge < -0.3 is 10.3 Å². The smallest absolute Gasteiger partial charge is 0.379 e. The number of hydrogen-bond acceptors (Lipinski definition) is 2. The Morgan fingerprint density at radius 3 is 2.67 bits per heavy atom. The summed E-state index contributed by atoms with van der Waals surface area (Å²) in [5, 5.41) is 2.90. The predicted octanol–water partition coefficient (Wildman–Crippen LogP) is 3.80. The van der Waals surface area contributed by atoms with E-state index in [1.807, 2.05) is 0 Å². The van der Waals surface area contributed by atoms with Crippen molar-refractivity contribution in [1.29, 1.82) is 0 Å². The number of rotatable bonds is 3. The molecule has 0 fully saturated rings. The van der Waals surface area contributed by atoms with Crippen LogP contribution in [0.4, 0.5) is 18.9 Å². The van der Waals surface area contributed by atoms with Gasteiger partial charge in [0.2, 0.25) is 0 Å². The molecule has 0 aliphatic heterocycles. The molecule has 0 radical (unpaired) electrons. The summed E-state index contributed by atoms with van der Waals surface area (Å²) in [5.74, 6) is 0. The fourth-order valence-electron chi connectivity index (χ4n) is 1.43. The van der Waals surface area contributed by atoms with Crippen LogP contribution >= 0.6 is 15.9 Å². The molecule has 0 amide bonds. The lowest BCUT2D eigenvalue weighted by Gasteiger charge is -2.11. The van der Waals surface area contributed by atoms with Crippen molar-refractivity contribution in [3.05, 3.63) is 46.5 Å². The third-order valence-electron chi connectivity index (χ3n) is 2.26. The highest BCUT2D eigenvalue weighted by Crippen LogP contribution is 2.33. The molecule has 2 N–H and O–H groups in total. The summed E-state index contributed by atoms with van der Waals surface area (Å²) in [7, 11) is 0. The van der Waals surface area contributed by atoms with Crippen LogP contribution in [0.5, 0.6) is 0 Å². The van der Waals surface area contributed by atoms with Crippen molar-refractivity contribution in [3.8, 4) is 0 Å². The lowest BCUT2D eigenvalue weighted by molar-refractivity contribution is -0.137. The van der Waals surface area contributed by atoms with Gasteiger partial charge in [-0.1, -0.05) is 15.9 Å². The minimum Gasteiger partial charge on any atom is -0.379 e. The molecule has 1 aromatic heterocycles. The molecular weight excluding hydrogens is 311 g/mol. The number of hydrogen-bond donors (Lipinski definition) is 2. The minimum absolute atomic E-state index is 0.379. The van der Waals surface area contributed by atoms with E-state index in [1.165, 1.54) is 6.33 Å². The fraction of sp³-hybridized carbons (Fsp3) is 0.182. The van der Waals surface area contributed by atoms with Gasteiger partial charge in [0.1, 0.15) is 0 Å². The van der Waals surface area contributed by atoms with E-state index in [0.717, 1.165) is 17.8 Å². The highest BCUT2D eigenvalue weighted by Gasteiger charge is 2.31. The Hall–Kier alpha value is -1.50. The van der Waals surface area contributed by atoms with Crippen molar-refractivity contribution in [2.24, 2.45) is 0 Å². The maximum atomic E-state index is 12.6. The predicted molar refractivity (Wildman–Crippen MR) is 65.1 cm³/mol. The second-order valence-corrected chi connectivity index (χ2v) is 4.57. The van der Waals surface area contributed by atoms with Gasteiger partial charge in [-0.3, -0.25) is 0 Å². The summed E-state index contributed by atoms with van der Waals surface area (Å²) in [6.45, 7) is 0.383. The van der Waals surface area contributed by atoms with Gasteiger partial charge in [0.05, 0.1) is 24.1 Å². The third kappa shape index (κ3) is 3.25. The second kappa shape index (κ2) is 5.01. The first-order valence-electron chi connectivity index (χ1n) is 5.04. The molecule has 0 spiro atoms. The molecule has 18 heavy (non-hydrogen) atoms. The number of alkyl halides is 3. The van der Waals surface area contributed by atoms with E-state index in [2.05, 4.69) is 31.2 Å². The molecule has 0 bridgehead atoms. The summed E-state index contributed by atoms with van der Waals surface area (Å²) in [4.78, 5) is 6.68. The van der Waals surface area contributed by atoms with Crippen LogP contribution in [-0.2, 0) is 12.7 Å². The second-order valence-electron chi connectivity index (χ2n) is 3.66. The van der Waals surface area contributed by atoms with Crippen molar-refractivity contribution in [3.63, 3.8) is 0 Å². The quantitative estimate of drug-likeness (QED) is 0.903. The van der Waals surface area contributed by atoms with Crippen molar-refractivity contribution in [1.82, 2.24) is 9.97 Å². The number of halogens is 4. The molecule has 0 aliphatic carbocycles. The monoisotopic (exact) mass is 319 g/mol. The summed E-state index contributed by atoms with van der Waals surface area (Å²) >= 11 is 3.06. The first-order chi connectivity index (χ1) is 8.45. The number of nitrogens with one attached hydrogen (secondary N) is 2. The molecule has 1 heterocycles. The van der Waals surface area contributed by atoms with Crippen molar-refractivity contribution in [2.45, 2.75) is 12.7 Å². The summed E-state index contributed by atoms with van der Waals surface area (Å²) in [6, 6.07) is 3.70. The van der Waals surface area contributed by atoms with E-state index in [1.54, 1.807) is 12.3 Å². The zero-order valence-electron chi connectivity index (χ0n) is 9.05. The number of benzene rings is 1. The van der Waals surface area contributed by atoms with Crippen LogP contribution in [0.1, 0.15) is 11.3 Å². The topological polar surface area (TPSA) is 40.7 Å². The van der Waals surface area contributed by atoms with Crippen LogP contribution in [0.15, 0.2) is 35.2 Å². The van der Waals surface area contributed by atoms with Crippen LogP contribution in [0.2, 0.25) is 0 Å². The Balaban J connectivity index is 2.15. The van der Waals surface area contributed by atoms with E-state index in [-0.39, 0.29) is 0 Å². The van der Waals surface area contributed by atoms with Crippen molar-refractivity contribution < 1.29 is 13.2 Å². The van der Waals surface area contributed by atoms with Gasteiger partial charge in [0.15, 0.2) is 0 Å². The molecule has 96 valence electrons. The first-order valence-corrected chi connectivity index (χ1v) is 5.83. The third-order valence-corrected chi connectivity index (χ3v) is 2.72. The number of aromatic amines is 1. The Kier molecular flexibility index (Phi) is 3.60. The molecule has 3 nitrogen and oxygen atoms in total. The summed E-state index contributed by atoms with van der Waals surface area (Å²) in [5.41, 5.74) is 0.499. The Morgan fingerprint density at radius 1 is 1.28 bits per heavy atom. The molecule has 0 atom stereocenters. The van der Waals surface area contributed by atoms with Crippen LogP contribution in [0.25, 0.3) is 0 Å². The van der Waals surface area contributed by atoms with E-state index < -0.39 is 11.7 Å². The van der Waals surface area contributed by atoms with Crippen molar-refractivity contribution in [2.75, 3.05) is 5.32 Å². The molecular formula is C11H9BrF3N3. The number of anilines is 1. The van der Waals surface area contributed by atoms with Gasteiger partial charge in [-0.25, -0.2) is 4.98 Å². The Bertz CT molecular complexity index is 523. The average Bonchev–Trinajstić information content (AvgIpc) is 2.77. The Morgan fingerprint density at radius 2 is 2.06 bits per heavy atom. The van der Waals surface area contributed by atoms with Gasteiger partial charge >= 0.3 is 6.18 Å². The number of imidazole rings is 1. The van der Waals surface area contributed by atoms with Crippen LogP contribution in [0.3, 0.4) is 0 Å². The zero-order valence-corrected chi connectivity index (χ0v) is 10.6. The molecule has 0 saturated heterocycles. The van der Waals surface area contributed by atoms with Gasteiger partial charge in [-0.2, -0.15) is 13.2 Å². The number of H-pyrrole nitrogens is 1. The van der Waals surface area contributed by atoms with Gasteiger partial charge in [-0.15, -0.1) is 0 Å². The van der Waals surface area contributed by atoms with E-state index in [9.17, 15) is 13.2 Å². The zero-order chi connectivity index (χ0) is 13.2. The van der Waals surface area contributed by atoms with Gasteiger partial charge in [0, 0.05) is 16.4 Å². The molecule has 1 aromatic carbocycles. The molecule has 7 heteroatoms. The van der Waals surface area contributed by atoms with Crippen LogP contribution in [-0.4, -0.2) is 9.97 Å². The van der Waals surface area contributed by atoms with Gasteiger partial charge in [0.25, 0.3) is 0 Å². The molecule has 2 aromatic rings.